The molecule has 5 heteroatoms. The van der Waals surface area contributed by atoms with Crippen LogP contribution >= 0.6 is 0 Å². The van der Waals surface area contributed by atoms with E-state index in [9.17, 15) is 9.59 Å². The smallest absolute Gasteiger partial charge is 0.248 e. The Morgan fingerprint density at radius 2 is 1.82 bits per heavy atom. The summed E-state index contributed by atoms with van der Waals surface area (Å²) < 4.78 is 4.93. The highest BCUT2D eigenvalue weighted by Gasteiger charge is 2.26. The Balaban J connectivity index is 1.83. The zero-order chi connectivity index (χ0) is 15.9. The number of benzene rings is 1. The molecular weight excluding hydrogens is 280 g/mol. The number of carbonyl (C=O) groups is 2. The Morgan fingerprint density at radius 3 is 2.36 bits per heavy atom. The van der Waals surface area contributed by atoms with Crippen molar-refractivity contribution in [2.24, 2.45) is 11.7 Å². The predicted octanol–water partition coefficient (Wildman–Crippen LogP) is 1.82. The van der Waals surface area contributed by atoms with Crippen LogP contribution in [0.1, 0.15) is 47.5 Å². The van der Waals surface area contributed by atoms with E-state index >= 15 is 0 Å². The number of nitrogens with two attached hydrogens (primary N) is 1. The zero-order valence-electron chi connectivity index (χ0n) is 13.0. The van der Waals surface area contributed by atoms with Crippen LogP contribution in [0.4, 0.5) is 0 Å². The second kappa shape index (κ2) is 7.94. The van der Waals surface area contributed by atoms with Gasteiger partial charge in [0.2, 0.25) is 11.8 Å². The van der Waals surface area contributed by atoms with Gasteiger partial charge in [0.05, 0.1) is 6.61 Å². The predicted molar refractivity (Wildman–Crippen MR) is 84.5 cm³/mol. The van der Waals surface area contributed by atoms with Crippen LogP contribution in [0.5, 0.6) is 0 Å². The van der Waals surface area contributed by atoms with E-state index in [4.69, 9.17) is 10.5 Å². The minimum absolute atomic E-state index is 0.109. The van der Waals surface area contributed by atoms with Crippen molar-refractivity contribution >= 4 is 11.8 Å². The fraction of sp³-hybridized carbons (Fsp3) is 0.529. The SMILES string of the molecule is COCCNC(=O)C1CCC(c2ccc(C(N)=O)cc2)CC1. The van der Waals surface area contributed by atoms with Crippen LogP contribution in [0.3, 0.4) is 0 Å². The van der Waals surface area contributed by atoms with E-state index in [2.05, 4.69) is 5.32 Å². The fourth-order valence-electron chi connectivity index (χ4n) is 3.03. The number of primary amides is 1. The molecule has 1 aliphatic carbocycles. The van der Waals surface area contributed by atoms with Crippen molar-refractivity contribution in [2.75, 3.05) is 20.3 Å². The number of rotatable bonds is 6. The minimum atomic E-state index is -0.400. The van der Waals surface area contributed by atoms with E-state index in [0.29, 0.717) is 24.6 Å². The van der Waals surface area contributed by atoms with Gasteiger partial charge in [0.15, 0.2) is 0 Å². The van der Waals surface area contributed by atoms with Crippen molar-refractivity contribution in [3.8, 4) is 0 Å². The molecule has 2 amide bonds. The Hall–Kier alpha value is -1.88. The van der Waals surface area contributed by atoms with Gasteiger partial charge in [-0.05, 0) is 49.3 Å². The first kappa shape index (κ1) is 16.5. The zero-order valence-corrected chi connectivity index (χ0v) is 13.0. The summed E-state index contributed by atoms with van der Waals surface area (Å²) in [7, 11) is 1.63. The third-order valence-corrected chi connectivity index (χ3v) is 4.37. The molecule has 0 saturated heterocycles. The molecule has 1 aromatic carbocycles. The van der Waals surface area contributed by atoms with E-state index in [1.807, 2.05) is 12.1 Å². The van der Waals surface area contributed by atoms with Crippen LogP contribution in [0, 0.1) is 5.92 Å². The average Bonchev–Trinajstić information content (AvgIpc) is 2.55. The number of hydrogen-bond acceptors (Lipinski definition) is 3. The van der Waals surface area contributed by atoms with Crippen LogP contribution in [-0.4, -0.2) is 32.1 Å². The first-order valence-corrected chi connectivity index (χ1v) is 7.78. The summed E-state index contributed by atoms with van der Waals surface area (Å²) >= 11 is 0. The molecule has 1 aromatic rings. The van der Waals surface area contributed by atoms with E-state index < -0.39 is 5.91 Å². The van der Waals surface area contributed by atoms with Gasteiger partial charge >= 0.3 is 0 Å². The van der Waals surface area contributed by atoms with E-state index in [1.165, 1.54) is 5.56 Å². The van der Waals surface area contributed by atoms with Crippen molar-refractivity contribution < 1.29 is 14.3 Å². The molecule has 0 aliphatic heterocycles. The third-order valence-electron chi connectivity index (χ3n) is 4.37. The molecule has 22 heavy (non-hydrogen) atoms. The number of amides is 2. The Kier molecular flexibility index (Phi) is 5.95. The standard InChI is InChI=1S/C17H24N2O3/c1-22-11-10-19-17(21)15-8-4-13(5-9-15)12-2-6-14(7-3-12)16(18)20/h2-3,6-7,13,15H,4-5,8-11H2,1H3,(H2,18,20)(H,19,21). The molecule has 120 valence electrons. The normalized spacial score (nSPS) is 21.3. The number of methoxy groups -OCH3 is 1. The molecule has 0 heterocycles. The summed E-state index contributed by atoms with van der Waals surface area (Å²) in [5.41, 5.74) is 7.01. The average molecular weight is 304 g/mol. The largest absolute Gasteiger partial charge is 0.383 e. The summed E-state index contributed by atoms with van der Waals surface area (Å²) in [4.78, 5) is 23.1. The van der Waals surface area contributed by atoms with Crippen molar-refractivity contribution in [1.29, 1.82) is 0 Å². The van der Waals surface area contributed by atoms with Crippen molar-refractivity contribution in [1.82, 2.24) is 5.32 Å². The maximum absolute atomic E-state index is 12.0. The molecule has 1 fully saturated rings. The topological polar surface area (TPSA) is 81.4 Å². The van der Waals surface area contributed by atoms with Crippen LogP contribution in [0.15, 0.2) is 24.3 Å². The molecule has 0 aromatic heterocycles. The molecule has 1 aliphatic rings. The monoisotopic (exact) mass is 304 g/mol. The van der Waals surface area contributed by atoms with Crippen LogP contribution in [-0.2, 0) is 9.53 Å². The lowest BCUT2D eigenvalue weighted by Crippen LogP contribution is -2.34. The highest BCUT2D eigenvalue weighted by atomic mass is 16.5. The lowest BCUT2D eigenvalue weighted by Gasteiger charge is -2.28. The second-order valence-electron chi connectivity index (χ2n) is 5.82. The van der Waals surface area contributed by atoms with Gasteiger partial charge in [-0.25, -0.2) is 0 Å². The molecule has 2 rings (SSSR count). The van der Waals surface area contributed by atoms with Crippen molar-refractivity contribution in [2.45, 2.75) is 31.6 Å². The molecule has 0 bridgehead atoms. The number of nitrogens with one attached hydrogen (secondary N) is 1. The lowest BCUT2D eigenvalue weighted by molar-refractivity contribution is -0.126. The summed E-state index contributed by atoms with van der Waals surface area (Å²) in [6.07, 6.45) is 3.80. The Bertz CT molecular complexity index is 505. The molecule has 1 saturated carbocycles. The van der Waals surface area contributed by atoms with Crippen LogP contribution in [0.2, 0.25) is 0 Å². The summed E-state index contributed by atoms with van der Waals surface area (Å²) in [5.74, 6) is 0.311. The Labute approximate surface area is 131 Å². The number of ether oxygens (including phenoxy) is 1. The molecule has 0 spiro atoms. The van der Waals surface area contributed by atoms with Gasteiger partial charge in [0.25, 0.3) is 0 Å². The van der Waals surface area contributed by atoms with Gasteiger partial charge in [-0.15, -0.1) is 0 Å². The second-order valence-corrected chi connectivity index (χ2v) is 5.82. The summed E-state index contributed by atoms with van der Waals surface area (Å²) in [6, 6.07) is 7.51. The molecule has 0 radical (unpaired) electrons. The number of hydrogen-bond donors (Lipinski definition) is 2. The lowest BCUT2D eigenvalue weighted by atomic mass is 9.78. The molecule has 3 N–H and O–H groups in total. The van der Waals surface area contributed by atoms with E-state index in [1.54, 1.807) is 19.2 Å². The van der Waals surface area contributed by atoms with Gasteiger partial charge < -0.3 is 15.8 Å². The van der Waals surface area contributed by atoms with Crippen LogP contribution in [0.25, 0.3) is 0 Å². The molecular formula is C17H24N2O3. The van der Waals surface area contributed by atoms with Gasteiger partial charge in [0.1, 0.15) is 0 Å². The molecule has 5 nitrogen and oxygen atoms in total. The highest BCUT2D eigenvalue weighted by Crippen LogP contribution is 2.35. The molecule has 0 atom stereocenters. The van der Waals surface area contributed by atoms with Gasteiger partial charge in [-0.1, -0.05) is 12.1 Å². The minimum Gasteiger partial charge on any atom is -0.383 e. The van der Waals surface area contributed by atoms with Crippen molar-refractivity contribution in [3.05, 3.63) is 35.4 Å². The quantitative estimate of drug-likeness (QED) is 0.787. The number of carbonyl (C=O) groups excluding carboxylic acids is 2. The molecule has 0 unspecified atom stereocenters. The Morgan fingerprint density at radius 1 is 1.18 bits per heavy atom. The van der Waals surface area contributed by atoms with E-state index in [-0.39, 0.29) is 11.8 Å². The van der Waals surface area contributed by atoms with Crippen molar-refractivity contribution in [3.63, 3.8) is 0 Å². The van der Waals surface area contributed by atoms with Crippen LogP contribution < -0.4 is 11.1 Å². The maximum atomic E-state index is 12.0. The first-order chi connectivity index (χ1) is 10.6. The van der Waals surface area contributed by atoms with E-state index in [0.717, 1.165) is 25.7 Å². The summed E-state index contributed by atoms with van der Waals surface area (Å²) in [6.45, 7) is 1.12. The van der Waals surface area contributed by atoms with Gasteiger partial charge in [-0.3, -0.25) is 9.59 Å². The maximum Gasteiger partial charge on any atom is 0.248 e. The fourth-order valence-corrected chi connectivity index (χ4v) is 3.03. The van der Waals surface area contributed by atoms with Gasteiger partial charge in [0, 0.05) is 25.1 Å². The highest BCUT2D eigenvalue weighted by molar-refractivity contribution is 5.92. The third kappa shape index (κ3) is 4.31. The first-order valence-electron chi connectivity index (χ1n) is 7.78. The summed E-state index contributed by atoms with van der Waals surface area (Å²) in [5, 5.41) is 2.91. The van der Waals surface area contributed by atoms with Gasteiger partial charge in [-0.2, -0.15) is 0 Å².